The molecule has 0 aliphatic carbocycles. The van der Waals surface area contributed by atoms with Crippen LogP contribution in [0.2, 0.25) is 0 Å². The maximum Gasteiger partial charge on any atom is 0.0311 e. The van der Waals surface area contributed by atoms with Gasteiger partial charge in [-0.15, -0.1) is 23.5 Å². The second-order valence-corrected chi connectivity index (χ2v) is 13.5. The molecule has 0 aliphatic heterocycles. The molecular weight excluding hydrogens is 493 g/mol. The second kappa shape index (κ2) is 13.3. The number of hydrogen-bond donors (Lipinski definition) is 0. The maximum absolute atomic E-state index is 2.46. The van der Waals surface area contributed by atoms with Crippen molar-refractivity contribution in [2.45, 2.75) is 51.9 Å². The van der Waals surface area contributed by atoms with E-state index in [9.17, 15) is 0 Å². The first-order chi connectivity index (χ1) is 17.5. The molecule has 0 saturated heterocycles. The van der Waals surface area contributed by atoms with Gasteiger partial charge in [-0.1, -0.05) is 110 Å². The van der Waals surface area contributed by atoms with E-state index in [0.717, 1.165) is 6.42 Å². The average Bonchev–Trinajstić information content (AvgIpc) is 2.91. The lowest BCUT2D eigenvalue weighted by Crippen LogP contribution is -2.36. The average molecular weight is 527 g/mol. The van der Waals surface area contributed by atoms with Gasteiger partial charge in [0.15, 0.2) is 0 Å². The minimum atomic E-state index is 0.00433. The van der Waals surface area contributed by atoms with E-state index in [1.165, 1.54) is 25.2 Å². The smallest absolute Gasteiger partial charge is 0.0311 e. The van der Waals surface area contributed by atoms with E-state index in [1.54, 1.807) is 0 Å². The van der Waals surface area contributed by atoms with Crippen LogP contribution >= 0.6 is 35.3 Å². The Morgan fingerprint density at radius 1 is 0.667 bits per heavy atom. The molecule has 0 heterocycles. The van der Waals surface area contributed by atoms with Crippen molar-refractivity contribution in [3.05, 3.63) is 138 Å². The molecule has 2 atom stereocenters. The van der Waals surface area contributed by atoms with Crippen molar-refractivity contribution < 1.29 is 0 Å². The molecule has 0 aliphatic rings. The van der Waals surface area contributed by atoms with Crippen LogP contribution in [-0.2, 0) is 6.42 Å². The van der Waals surface area contributed by atoms with Crippen LogP contribution in [0.4, 0.5) is 0 Å². The van der Waals surface area contributed by atoms with Gasteiger partial charge in [-0.2, -0.15) is 0 Å². The third-order valence-electron chi connectivity index (χ3n) is 6.08. The van der Waals surface area contributed by atoms with Gasteiger partial charge in [-0.3, -0.25) is 0 Å². The first-order valence-corrected chi connectivity index (χ1v) is 15.0. The van der Waals surface area contributed by atoms with Gasteiger partial charge in [0.1, 0.15) is 0 Å². The van der Waals surface area contributed by atoms with E-state index in [2.05, 4.69) is 148 Å². The summed E-state index contributed by atoms with van der Waals surface area (Å²) in [7, 11) is 0. The molecule has 36 heavy (non-hydrogen) atoms. The Kier molecular flexibility index (Phi) is 9.86. The number of benzene rings is 4. The van der Waals surface area contributed by atoms with Crippen molar-refractivity contribution in [3.63, 3.8) is 0 Å². The van der Waals surface area contributed by atoms with Crippen molar-refractivity contribution in [3.8, 4) is 0 Å². The van der Waals surface area contributed by atoms with Gasteiger partial charge < -0.3 is 0 Å². The third kappa shape index (κ3) is 7.83. The molecule has 0 aromatic heterocycles. The van der Waals surface area contributed by atoms with Crippen LogP contribution in [0.5, 0.6) is 0 Å². The van der Waals surface area contributed by atoms with E-state index in [0.29, 0.717) is 11.2 Å². The minimum absolute atomic E-state index is 0.00433. The van der Waals surface area contributed by atoms with Gasteiger partial charge in [0, 0.05) is 30.6 Å². The fourth-order valence-electron chi connectivity index (χ4n) is 4.27. The van der Waals surface area contributed by atoms with Gasteiger partial charge in [0.25, 0.3) is 0 Å². The Bertz CT molecular complexity index is 1200. The van der Waals surface area contributed by atoms with E-state index in [1.807, 2.05) is 35.3 Å². The highest BCUT2D eigenvalue weighted by molar-refractivity contribution is 8.05. The predicted octanol–water partition coefficient (Wildman–Crippen LogP) is 10.3. The third-order valence-corrected chi connectivity index (χ3v) is 10.6. The van der Waals surface area contributed by atoms with Gasteiger partial charge in [-0.05, 0) is 67.1 Å². The summed E-state index contributed by atoms with van der Waals surface area (Å²) in [5.74, 6) is 0.357. The van der Waals surface area contributed by atoms with Crippen molar-refractivity contribution in [2.75, 3.05) is 0 Å². The summed E-state index contributed by atoms with van der Waals surface area (Å²) >= 11 is 5.91. The summed E-state index contributed by atoms with van der Waals surface area (Å²) in [5.41, 5.74) is 1.35. The van der Waals surface area contributed by atoms with Gasteiger partial charge in [0.05, 0.1) is 0 Å². The monoisotopic (exact) mass is 526 g/mol. The van der Waals surface area contributed by atoms with Crippen molar-refractivity contribution >= 4 is 35.3 Å². The quantitative estimate of drug-likeness (QED) is 0.178. The number of thioether (sulfide) groups is 3. The van der Waals surface area contributed by atoms with Crippen LogP contribution in [-0.4, -0.2) is 10.00 Å². The molecule has 0 fully saturated rings. The van der Waals surface area contributed by atoms with E-state index in [4.69, 9.17) is 0 Å². The van der Waals surface area contributed by atoms with Gasteiger partial charge in [0.2, 0.25) is 0 Å². The largest absolute Gasteiger partial charge is 0.121 e. The molecule has 0 unspecified atom stereocenters. The van der Waals surface area contributed by atoms with Crippen LogP contribution < -0.4 is 0 Å². The zero-order valence-corrected chi connectivity index (χ0v) is 23.7. The summed E-state index contributed by atoms with van der Waals surface area (Å²) in [5, 5.41) is 0.364. The molecule has 0 N–H and O–H groups in total. The fourth-order valence-corrected chi connectivity index (χ4v) is 8.16. The highest BCUT2D eigenvalue weighted by atomic mass is 32.2. The van der Waals surface area contributed by atoms with E-state index in [-0.39, 0.29) is 4.75 Å². The topological polar surface area (TPSA) is 0 Å². The van der Waals surface area contributed by atoms with Crippen molar-refractivity contribution in [1.82, 2.24) is 0 Å². The van der Waals surface area contributed by atoms with Crippen LogP contribution in [0.1, 0.15) is 26.3 Å². The Hall–Kier alpha value is -2.33. The van der Waals surface area contributed by atoms with Crippen molar-refractivity contribution in [1.29, 1.82) is 0 Å². The summed E-state index contributed by atoms with van der Waals surface area (Å²) < 4.78 is 0.00433. The van der Waals surface area contributed by atoms with Gasteiger partial charge in [-0.25, -0.2) is 0 Å². The highest BCUT2D eigenvalue weighted by Gasteiger charge is 2.37. The molecule has 0 bridgehead atoms. The lowest BCUT2D eigenvalue weighted by Gasteiger charge is -2.38. The standard InChI is InChI=1S/C33H34S3/c1-26(31(34-28-18-10-5-11-19-28)25-24-27-16-8-4-9-17-27)32(35-29-20-12-6-13-21-29)33(2,3)36-30-22-14-7-15-23-30/h4-23,25-26,32H,24H2,1-3H3/b31-25+/t26-,32+/m0/s1. The lowest BCUT2D eigenvalue weighted by atomic mass is 9.95. The minimum Gasteiger partial charge on any atom is -0.121 e. The normalized spacial score (nSPS) is 13.8. The first-order valence-electron chi connectivity index (χ1n) is 12.4. The molecule has 3 heteroatoms. The zero-order chi connectivity index (χ0) is 25.2. The number of hydrogen-bond acceptors (Lipinski definition) is 3. The Balaban J connectivity index is 1.68. The molecule has 0 saturated carbocycles. The molecule has 0 spiro atoms. The summed E-state index contributed by atoms with van der Waals surface area (Å²) in [6.45, 7) is 7.23. The van der Waals surface area contributed by atoms with Crippen LogP contribution in [0, 0.1) is 5.92 Å². The molecular formula is C33H34S3. The molecule has 0 nitrogen and oxygen atoms in total. The molecule has 4 rings (SSSR count). The summed E-state index contributed by atoms with van der Waals surface area (Å²) in [6.07, 6.45) is 3.40. The van der Waals surface area contributed by atoms with Gasteiger partial charge >= 0.3 is 0 Å². The van der Waals surface area contributed by atoms with Crippen LogP contribution in [0.3, 0.4) is 0 Å². The summed E-state index contributed by atoms with van der Waals surface area (Å²) in [4.78, 5) is 5.36. The Morgan fingerprint density at radius 2 is 1.14 bits per heavy atom. The van der Waals surface area contributed by atoms with E-state index >= 15 is 0 Å². The van der Waals surface area contributed by atoms with E-state index < -0.39 is 0 Å². The number of allylic oxidation sites excluding steroid dienone is 2. The highest BCUT2D eigenvalue weighted by Crippen LogP contribution is 2.49. The predicted molar refractivity (Wildman–Crippen MR) is 162 cm³/mol. The zero-order valence-electron chi connectivity index (χ0n) is 21.2. The van der Waals surface area contributed by atoms with Crippen LogP contribution in [0.15, 0.2) is 147 Å². The Labute approximate surface area is 230 Å². The second-order valence-electron chi connectivity index (χ2n) is 9.37. The van der Waals surface area contributed by atoms with Crippen LogP contribution in [0.25, 0.3) is 0 Å². The van der Waals surface area contributed by atoms with Crippen molar-refractivity contribution in [2.24, 2.45) is 5.92 Å². The molecule has 4 aromatic carbocycles. The maximum atomic E-state index is 2.46. The fraction of sp³-hybridized carbons (Fsp3) is 0.212. The SMILES string of the molecule is C[C@@H](/C(=C\Cc1ccccc1)Sc1ccccc1)[C@@H](Sc1ccccc1)C(C)(C)Sc1ccccc1. The number of rotatable bonds is 11. The molecule has 184 valence electrons. The lowest BCUT2D eigenvalue weighted by molar-refractivity contribution is 0.554. The Morgan fingerprint density at radius 3 is 1.69 bits per heavy atom. The summed E-state index contributed by atoms with van der Waals surface area (Å²) in [6, 6.07) is 43.3. The first kappa shape index (κ1) is 26.7. The molecule has 0 radical (unpaired) electrons. The molecule has 4 aromatic rings. The molecule has 0 amide bonds.